The molecule has 0 aromatic heterocycles. The molecule has 0 aliphatic carbocycles. The van der Waals surface area contributed by atoms with Gasteiger partial charge in [0.05, 0.1) is 12.7 Å². The highest BCUT2D eigenvalue weighted by molar-refractivity contribution is 5.41. The summed E-state index contributed by atoms with van der Waals surface area (Å²) in [6.07, 6.45) is 5.04. The van der Waals surface area contributed by atoms with Crippen LogP contribution >= 0.6 is 0 Å². The highest BCUT2D eigenvalue weighted by atomic mass is 16.5. The summed E-state index contributed by atoms with van der Waals surface area (Å²) < 4.78 is 5.77. The molecule has 1 fully saturated rings. The van der Waals surface area contributed by atoms with E-state index in [0.717, 1.165) is 30.6 Å². The standard InChI is InChI=1S/C30H37NO2/c1-4-5-8-20-26-29(24-17-11-7-12-18-24)31(2)27(23-15-9-6-10-16-23)22-30(26,32)25-19-13-14-21-28(25)33-3/h6-7,9-19,21,26-27,29,32H,4-5,8,20,22H2,1-3H3/t26-,27-,29+,30-/m0/s1. The Morgan fingerprint density at radius 1 is 0.879 bits per heavy atom. The van der Waals surface area contributed by atoms with Crippen LogP contribution in [-0.2, 0) is 5.60 Å². The van der Waals surface area contributed by atoms with E-state index in [1.165, 1.54) is 17.5 Å². The molecule has 0 saturated carbocycles. The van der Waals surface area contributed by atoms with Gasteiger partial charge in [-0.2, -0.15) is 0 Å². The van der Waals surface area contributed by atoms with E-state index in [4.69, 9.17) is 4.74 Å². The molecule has 4 atom stereocenters. The minimum atomic E-state index is -1.01. The second kappa shape index (κ2) is 10.5. The first-order valence-corrected chi connectivity index (χ1v) is 12.3. The Balaban J connectivity index is 1.88. The number of likely N-dealkylation sites (tertiary alicyclic amines) is 1. The normalized spacial score (nSPS) is 25.6. The number of unbranched alkanes of at least 4 members (excludes halogenated alkanes) is 2. The van der Waals surface area contributed by atoms with Crippen molar-refractivity contribution in [1.29, 1.82) is 0 Å². The lowest BCUT2D eigenvalue weighted by atomic mass is 9.65. The minimum absolute atomic E-state index is 0.0488. The third kappa shape index (κ3) is 4.71. The van der Waals surface area contributed by atoms with Gasteiger partial charge in [0.15, 0.2) is 0 Å². The second-order valence-electron chi connectivity index (χ2n) is 9.38. The van der Waals surface area contributed by atoms with E-state index >= 15 is 0 Å². The van der Waals surface area contributed by atoms with Crippen LogP contribution in [-0.4, -0.2) is 24.2 Å². The molecule has 0 radical (unpaired) electrons. The number of ether oxygens (including phenoxy) is 1. The zero-order valence-corrected chi connectivity index (χ0v) is 20.2. The molecule has 0 spiro atoms. The van der Waals surface area contributed by atoms with Crippen LogP contribution in [0.15, 0.2) is 84.9 Å². The van der Waals surface area contributed by atoms with E-state index in [1.54, 1.807) is 7.11 Å². The molecule has 0 bridgehead atoms. The van der Waals surface area contributed by atoms with Crippen LogP contribution in [0.4, 0.5) is 0 Å². The summed E-state index contributed by atoms with van der Waals surface area (Å²) in [7, 11) is 3.93. The maximum atomic E-state index is 12.7. The quantitative estimate of drug-likeness (QED) is 0.385. The zero-order chi connectivity index (χ0) is 23.3. The van der Waals surface area contributed by atoms with Crippen LogP contribution in [0.25, 0.3) is 0 Å². The molecule has 1 aliphatic rings. The monoisotopic (exact) mass is 443 g/mol. The SMILES string of the molecule is CCCCC[C@H]1[C@@H](c2ccccc2)N(C)[C@H](c2ccccc2)C[C@]1(O)c1ccccc1OC. The van der Waals surface area contributed by atoms with Crippen molar-refractivity contribution in [2.75, 3.05) is 14.2 Å². The molecule has 174 valence electrons. The van der Waals surface area contributed by atoms with Gasteiger partial charge in [0.25, 0.3) is 0 Å². The maximum Gasteiger partial charge on any atom is 0.124 e. The minimum Gasteiger partial charge on any atom is -0.496 e. The van der Waals surface area contributed by atoms with E-state index < -0.39 is 5.60 Å². The van der Waals surface area contributed by atoms with E-state index in [-0.39, 0.29) is 18.0 Å². The van der Waals surface area contributed by atoms with Crippen molar-refractivity contribution in [2.24, 2.45) is 5.92 Å². The van der Waals surface area contributed by atoms with Gasteiger partial charge in [-0.05, 0) is 30.7 Å². The summed E-state index contributed by atoms with van der Waals surface area (Å²) in [5, 5.41) is 12.7. The van der Waals surface area contributed by atoms with Gasteiger partial charge in [0, 0.05) is 30.0 Å². The number of benzene rings is 3. The summed E-state index contributed by atoms with van der Waals surface area (Å²) in [5.74, 6) is 0.816. The van der Waals surface area contributed by atoms with E-state index in [2.05, 4.69) is 85.6 Å². The van der Waals surface area contributed by atoms with Gasteiger partial charge in [-0.3, -0.25) is 4.90 Å². The Morgan fingerprint density at radius 3 is 2.12 bits per heavy atom. The molecule has 0 unspecified atom stereocenters. The first-order valence-electron chi connectivity index (χ1n) is 12.3. The van der Waals surface area contributed by atoms with Crippen LogP contribution < -0.4 is 4.74 Å². The second-order valence-corrected chi connectivity index (χ2v) is 9.38. The molecule has 3 aromatic carbocycles. The van der Waals surface area contributed by atoms with Crippen molar-refractivity contribution in [1.82, 2.24) is 4.90 Å². The van der Waals surface area contributed by atoms with Gasteiger partial charge in [-0.15, -0.1) is 0 Å². The Kier molecular flexibility index (Phi) is 7.52. The molecule has 3 nitrogen and oxygen atoms in total. The highest BCUT2D eigenvalue weighted by Gasteiger charge is 2.52. The Labute approximate surface area is 199 Å². The number of nitrogens with zero attached hydrogens (tertiary/aromatic N) is 1. The van der Waals surface area contributed by atoms with Crippen LogP contribution in [0.1, 0.15) is 67.8 Å². The fourth-order valence-electron chi connectivity index (χ4n) is 5.80. The van der Waals surface area contributed by atoms with E-state index in [1.807, 2.05) is 18.2 Å². The number of rotatable bonds is 8. The smallest absolute Gasteiger partial charge is 0.124 e. The van der Waals surface area contributed by atoms with Gasteiger partial charge in [0.2, 0.25) is 0 Å². The van der Waals surface area contributed by atoms with E-state index in [9.17, 15) is 5.11 Å². The van der Waals surface area contributed by atoms with Crippen molar-refractivity contribution < 1.29 is 9.84 Å². The molecule has 1 heterocycles. The molecule has 1 aliphatic heterocycles. The molecule has 1 saturated heterocycles. The molecule has 4 rings (SSSR count). The lowest BCUT2D eigenvalue weighted by molar-refractivity contribution is -0.131. The predicted octanol–water partition coefficient (Wildman–Crippen LogP) is 6.90. The maximum absolute atomic E-state index is 12.7. The average Bonchev–Trinajstić information content (AvgIpc) is 2.87. The molecule has 0 amide bonds. The van der Waals surface area contributed by atoms with E-state index in [0.29, 0.717) is 6.42 Å². The summed E-state index contributed by atoms with van der Waals surface area (Å²) >= 11 is 0. The molecule has 3 heteroatoms. The summed E-state index contributed by atoms with van der Waals surface area (Å²) in [4.78, 5) is 2.49. The number of methoxy groups -OCH3 is 1. The van der Waals surface area contributed by atoms with Gasteiger partial charge in [-0.1, -0.05) is 105 Å². The number of hydrogen-bond acceptors (Lipinski definition) is 3. The van der Waals surface area contributed by atoms with Crippen molar-refractivity contribution in [3.8, 4) is 5.75 Å². The highest BCUT2D eigenvalue weighted by Crippen LogP contribution is 2.56. The molecular formula is C30H37NO2. The lowest BCUT2D eigenvalue weighted by Gasteiger charge is -2.54. The first-order chi connectivity index (χ1) is 16.1. The van der Waals surface area contributed by atoms with Gasteiger partial charge in [0.1, 0.15) is 5.75 Å². The summed E-state index contributed by atoms with van der Waals surface area (Å²) in [6.45, 7) is 2.24. The van der Waals surface area contributed by atoms with Crippen molar-refractivity contribution in [3.63, 3.8) is 0 Å². The van der Waals surface area contributed by atoms with Crippen LogP contribution in [0, 0.1) is 5.92 Å². The lowest BCUT2D eigenvalue weighted by Crippen LogP contribution is -2.52. The molecule has 1 N–H and O–H groups in total. The third-order valence-corrected chi connectivity index (χ3v) is 7.45. The Bertz CT molecular complexity index is 1010. The van der Waals surface area contributed by atoms with Gasteiger partial charge >= 0.3 is 0 Å². The average molecular weight is 444 g/mol. The van der Waals surface area contributed by atoms with Crippen LogP contribution in [0.3, 0.4) is 0 Å². The fourth-order valence-corrected chi connectivity index (χ4v) is 5.80. The van der Waals surface area contributed by atoms with Crippen molar-refractivity contribution >= 4 is 0 Å². The molecule has 3 aromatic rings. The molecule has 33 heavy (non-hydrogen) atoms. The summed E-state index contributed by atoms with van der Waals surface area (Å²) in [6, 6.07) is 29.5. The van der Waals surface area contributed by atoms with Gasteiger partial charge in [-0.25, -0.2) is 0 Å². The van der Waals surface area contributed by atoms with Crippen molar-refractivity contribution in [3.05, 3.63) is 102 Å². The van der Waals surface area contributed by atoms with Crippen LogP contribution in [0.2, 0.25) is 0 Å². The van der Waals surface area contributed by atoms with Gasteiger partial charge < -0.3 is 9.84 Å². The summed E-state index contributed by atoms with van der Waals surface area (Å²) in [5.41, 5.74) is 2.40. The van der Waals surface area contributed by atoms with Crippen molar-refractivity contribution in [2.45, 2.75) is 56.7 Å². The molecular weight excluding hydrogens is 406 g/mol. The number of para-hydroxylation sites is 1. The van der Waals surface area contributed by atoms with Crippen LogP contribution in [0.5, 0.6) is 5.75 Å². The Hall–Kier alpha value is -2.62. The number of hydrogen-bond donors (Lipinski definition) is 1. The Morgan fingerprint density at radius 2 is 1.48 bits per heavy atom. The number of aliphatic hydroxyl groups is 1. The number of piperidine rings is 1. The predicted molar refractivity (Wildman–Crippen MR) is 135 cm³/mol. The largest absolute Gasteiger partial charge is 0.496 e. The first kappa shape index (κ1) is 23.5. The fraction of sp³-hybridized carbons (Fsp3) is 0.400. The zero-order valence-electron chi connectivity index (χ0n) is 20.2. The topological polar surface area (TPSA) is 32.7 Å². The third-order valence-electron chi connectivity index (χ3n) is 7.45.